The summed E-state index contributed by atoms with van der Waals surface area (Å²) in [6.45, 7) is 10.3. The SMILES string of the molecule is CC1CC(C)C(C)N(C(c2ccc(Cl)s2)C(C)N)C1. The summed E-state index contributed by atoms with van der Waals surface area (Å²) in [4.78, 5) is 3.89. The first kappa shape index (κ1) is 15.3. The van der Waals surface area contributed by atoms with Gasteiger partial charge in [-0.1, -0.05) is 25.4 Å². The average molecular weight is 301 g/mol. The number of piperidine rings is 1. The van der Waals surface area contributed by atoms with Crippen LogP contribution in [-0.4, -0.2) is 23.5 Å². The molecule has 1 saturated heterocycles. The minimum absolute atomic E-state index is 0.120. The second-order valence-electron chi connectivity index (χ2n) is 6.20. The highest BCUT2D eigenvalue weighted by atomic mass is 35.5. The third-order valence-corrected chi connectivity index (χ3v) is 5.69. The summed E-state index contributed by atoms with van der Waals surface area (Å²) in [7, 11) is 0. The molecule has 2 nitrogen and oxygen atoms in total. The molecule has 0 aromatic carbocycles. The van der Waals surface area contributed by atoms with Gasteiger partial charge in [-0.05, 0) is 44.2 Å². The van der Waals surface area contributed by atoms with E-state index in [4.69, 9.17) is 17.3 Å². The van der Waals surface area contributed by atoms with Crippen LogP contribution in [0.2, 0.25) is 4.34 Å². The fourth-order valence-electron chi connectivity index (χ4n) is 3.34. The van der Waals surface area contributed by atoms with E-state index in [2.05, 4.69) is 38.7 Å². The van der Waals surface area contributed by atoms with E-state index in [0.717, 1.165) is 22.7 Å². The van der Waals surface area contributed by atoms with Crippen LogP contribution in [-0.2, 0) is 0 Å². The van der Waals surface area contributed by atoms with Gasteiger partial charge in [-0.25, -0.2) is 0 Å². The number of nitrogens with two attached hydrogens (primary N) is 1. The third-order valence-electron chi connectivity index (χ3n) is 4.38. The van der Waals surface area contributed by atoms with Gasteiger partial charge >= 0.3 is 0 Å². The molecule has 4 heteroatoms. The zero-order chi connectivity index (χ0) is 14.2. The number of rotatable bonds is 3. The van der Waals surface area contributed by atoms with Gasteiger partial charge in [-0.3, -0.25) is 4.90 Å². The summed E-state index contributed by atoms with van der Waals surface area (Å²) in [6, 6.07) is 5.11. The van der Waals surface area contributed by atoms with Gasteiger partial charge in [0.15, 0.2) is 0 Å². The molecular weight excluding hydrogens is 276 g/mol. The lowest BCUT2D eigenvalue weighted by molar-refractivity contribution is 0.0328. The zero-order valence-electron chi connectivity index (χ0n) is 12.3. The Morgan fingerprint density at radius 3 is 2.58 bits per heavy atom. The van der Waals surface area contributed by atoms with Gasteiger partial charge in [-0.2, -0.15) is 0 Å². The molecule has 19 heavy (non-hydrogen) atoms. The molecule has 0 saturated carbocycles. The molecule has 1 aromatic heterocycles. The lowest BCUT2D eigenvalue weighted by Crippen LogP contribution is -2.51. The predicted molar refractivity (Wildman–Crippen MR) is 84.8 cm³/mol. The number of thiophene rings is 1. The average Bonchev–Trinajstić information content (AvgIpc) is 2.71. The second-order valence-corrected chi connectivity index (χ2v) is 7.95. The maximum absolute atomic E-state index is 6.28. The number of halogens is 1. The minimum atomic E-state index is 0.120. The Morgan fingerprint density at radius 2 is 2.05 bits per heavy atom. The van der Waals surface area contributed by atoms with Gasteiger partial charge in [0.1, 0.15) is 0 Å². The molecule has 0 spiro atoms. The lowest BCUT2D eigenvalue weighted by atomic mass is 9.84. The van der Waals surface area contributed by atoms with Crippen LogP contribution in [0.15, 0.2) is 12.1 Å². The van der Waals surface area contributed by atoms with Crippen molar-refractivity contribution < 1.29 is 0 Å². The maximum Gasteiger partial charge on any atom is 0.0931 e. The van der Waals surface area contributed by atoms with Crippen LogP contribution in [0.4, 0.5) is 0 Å². The van der Waals surface area contributed by atoms with E-state index in [9.17, 15) is 0 Å². The van der Waals surface area contributed by atoms with Gasteiger partial charge in [-0.15, -0.1) is 11.3 Å². The Bertz CT molecular complexity index is 418. The molecule has 1 aliphatic rings. The lowest BCUT2D eigenvalue weighted by Gasteiger charge is -2.46. The fourth-order valence-corrected chi connectivity index (χ4v) is 4.64. The van der Waals surface area contributed by atoms with Gasteiger partial charge < -0.3 is 5.73 Å². The first-order valence-electron chi connectivity index (χ1n) is 7.16. The van der Waals surface area contributed by atoms with Crippen molar-refractivity contribution in [3.05, 3.63) is 21.3 Å². The van der Waals surface area contributed by atoms with Crippen LogP contribution < -0.4 is 5.73 Å². The Balaban J connectivity index is 2.28. The smallest absolute Gasteiger partial charge is 0.0931 e. The Kier molecular flexibility index (Phi) is 4.93. The summed E-state index contributed by atoms with van der Waals surface area (Å²) in [5.74, 6) is 1.46. The molecule has 2 heterocycles. The first-order chi connectivity index (χ1) is 8.90. The molecule has 108 valence electrons. The van der Waals surface area contributed by atoms with E-state index >= 15 is 0 Å². The maximum atomic E-state index is 6.28. The van der Waals surface area contributed by atoms with E-state index in [1.807, 2.05) is 6.07 Å². The molecule has 0 aliphatic carbocycles. The van der Waals surface area contributed by atoms with Crippen molar-refractivity contribution in [2.45, 2.75) is 52.2 Å². The van der Waals surface area contributed by atoms with Gasteiger partial charge in [0.05, 0.1) is 10.4 Å². The van der Waals surface area contributed by atoms with E-state index < -0.39 is 0 Å². The Morgan fingerprint density at radius 1 is 1.37 bits per heavy atom. The van der Waals surface area contributed by atoms with E-state index in [-0.39, 0.29) is 12.1 Å². The molecule has 1 aliphatic heterocycles. The third kappa shape index (κ3) is 3.33. The van der Waals surface area contributed by atoms with Crippen LogP contribution >= 0.6 is 22.9 Å². The molecule has 5 unspecified atom stereocenters. The van der Waals surface area contributed by atoms with Crippen LogP contribution in [0.25, 0.3) is 0 Å². The highest BCUT2D eigenvalue weighted by molar-refractivity contribution is 7.16. The van der Waals surface area contributed by atoms with Crippen molar-refractivity contribution in [2.24, 2.45) is 17.6 Å². The molecule has 2 N–H and O–H groups in total. The number of hydrogen-bond acceptors (Lipinski definition) is 3. The minimum Gasteiger partial charge on any atom is -0.326 e. The molecule has 0 radical (unpaired) electrons. The highest BCUT2D eigenvalue weighted by Gasteiger charge is 2.36. The summed E-state index contributed by atoms with van der Waals surface area (Å²) in [5, 5.41) is 0. The predicted octanol–water partition coefficient (Wildman–Crippen LogP) is 4.16. The molecular formula is C15H25ClN2S. The van der Waals surface area contributed by atoms with Crippen molar-refractivity contribution in [3.8, 4) is 0 Å². The zero-order valence-corrected chi connectivity index (χ0v) is 13.8. The monoisotopic (exact) mass is 300 g/mol. The van der Waals surface area contributed by atoms with Crippen LogP contribution in [0, 0.1) is 11.8 Å². The van der Waals surface area contributed by atoms with Crippen molar-refractivity contribution in [3.63, 3.8) is 0 Å². The number of likely N-dealkylation sites (tertiary alicyclic amines) is 1. The van der Waals surface area contributed by atoms with E-state index in [0.29, 0.717) is 6.04 Å². The van der Waals surface area contributed by atoms with Crippen LogP contribution in [0.3, 0.4) is 0 Å². The molecule has 1 fully saturated rings. The Hall–Kier alpha value is -0.0900. The topological polar surface area (TPSA) is 29.3 Å². The van der Waals surface area contributed by atoms with Crippen molar-refractivity contribution in [2.75, 3.05) is 6.54 Å². The molecule has 0 bridgehead atoms. The van der Waals surface area contributed by atoms with Gasteiger partial charge in [0.2, 0.25) is 0 Å². The van der Waals surface area contributed by atoms with E-state index in [1.165, 1.54) is 11.3 Å². The summed E-state index contributed by atoms with van der Waals surface area (Å²) >= 11 is 7.77. The van der Waals surface area contributed by atoms with Gasteiger partial charge in [0.25, 0.3) is 0 Å². The highest BCUT2D eigenvalue weighted by Crippen LogP contribution is 2.38. The molecule has 1 aromatic rings. The van der Waals surface area contributed by atoms with Crippen molar-refractivity contribution >= 4 is 22.9 Å². The first-order valence-corrected chi connectivity index (χ1v) is 8.36. The summed E-state index contributed by atoms with van der Waals surface area (Å²) in [5.41, 5.74) is 6.28. The second kappa shape index (κ2) is 6.13. The molecule has 2 rings (SSSR count). The molecule has 0 amide bonds. The van der Waals surface area contributed by atoms with Gasteiger partial charge in [0, 0.05) is 23.5 Å². The van der Waals surface area contributed by atoms with Crippen molar-refractivity contribution in [1.82, 2.24) is 4.90 Å². The largest absolute Gasteiger partial charge is 0.326 e. The van der Waals surface area contributed by atoms with Crippen LogP contribution in [0.5, 0.6) is 0 Å². The Labute approximate surface area is 125 Å². The summed E-state index contributed by atoms with van der Waals surface area (Å²) in [6.07, 6.45) is 1.31. The fraction of sp³-hybridized carbons (Fsp3) is 0.733. The normalized spacial score (nSPS) is 32.2. The quantitative estimate of drug-likeness (QED) is 0.908. The van der Waals surface area contributed by atoms with E-state index in [1.54, 1.807) is 11.3 Å². The van der Waals surface area contributed by atoms with Crippen LogP contribution in [0.1, 0.15) is 45.0 Å². The summed E-state index contributed by atoms with van der Waals surface area (Å²) < 4.78 is 0.853. The standard InChI is InChI=1S/C15H25ClN2S/c1-9-7-10(2)12(4)18(8-9)15(11(3)17)13-5-6-14(16)19-13/h5-6,9-12,15H,7-8,17H2,1-4H3. The number of nitrogens with zero attached hydrogens (tertiary/aromatic N) is 1. The molecule has 5 atom stereocenters. The number of hydrogen-bond donors (Lipinski definition) is 1. The van der Waals surface area contributed by atoms with Crippen molar-refractivity contribution in [1.29, 1.82) is 0 Å².